The number of hydrogen-bond acceptors (Lipinski definition) is 5. The van der Waals surface area contributed by atoms with Gasteiger partial charge in [-0.15, -0.1) is 0 Å². The zero-order valence-corrected chi connectivity index (χ0v) is 20.6. The van der Waals surface area contributed by atoms with Gasteiger partial charge in [-0.05, 0) is 6.42 Å². The minimum Gasteiger partial charge on any atom is -1.00 e. The molecule has 0 radical (unpaired) electrons. The van der Waals surface area contributed by atoms with E-state index in [1.807, 2.05) is 0 Å². The van der Waals surface area contributed by atoms with Gasteiger partial charge in [0.1, 0.15) is 0 Å². The molecule has 0 aromatic rings. The molecule has 0 bridgehead atoms. The maximum atomic E-state index is 10.2. The molecule has 0 saturated heterocycles. The second-order valence-electron chi connectivity index (χ2n) is 4.88. The number of rotatable bonds is 12. The summed E-state index contributed by atoms with van der Waals surface area (Å²) < 4.78 is 64.6. The molecule has 0 heterocycles. The summed E-state index contributed by atoms with van der Waals surface area (Å²) in [6.45, 7) is 2.31. The molecular formula is C12H30Na2O8S2. The van der Waals surface area contributed by atoms with Gasteiger partial charge in [0.15, 0.2) is 0 Å². The van der Waals surface area contributed by atoms with Crippen LogP contribution in [0.4, 0.5) is 0 Å². The Morgan fingerprint density at radius 2 is 1.00 bits per heavy atom. The van der Waals surface area contributed by atoms with Crippen LogP contribution < -0.4 is 59.1 Å². The Morgan fingerprint density at radius 1 is 0.708 bits per heavy atom. The van der Waals surface area contributed by atoms with E-state index in [9.17, 15) is 8.42 Å². The first kappa shape index (κ1) is 33.3. The van der Waals surface area contributed by atoms with Crippen molar-refractivity contribution in [3.63, 3.8) is 0 Å². The molecule has 0 aliphatic carbocycles. The standard InChI is InChI=1S/C12H26O4S.2Na.H2O4S.2H/c1-2-3-4-5-6-7-8-9-10-11-12-16-17(13,14)15;;;1-5(2,3)4;;/h2-12H2,1H3,(H,13,14,15);;;(H2,1,2,3,4);;/q;2*+1;;2*-1. The zero-order valence-electron chi connectivity index (χ0n) is 17.0. The van der Waals surface area contributed by atoms with Crippen molar-refractivity contribution in [2.24, 2.45) is 0 Å². The Balaban J connectivity index is -0.0000000984. The van der Waals surface area contributed by atoms with Crippen LogP contribution in [-0.4, -0.2) is 37.1 Å². The molecule has 0 aliphatic heterocycles. The summed E-state index contributed by atoms with van der Waals surface area (Å²) in [6, 6.07) is 0. The van der Waals surface area contributed by atoms with Crippen LogP contribution in [0.2, 0.25) is 0 Å². The van der Waals surface area contributed by atoms with Gasteiger partial charge in [-0.1, -0.05) is 64.7 Å². The maximum absolute atomic E-state index is 10.2. The second kappa shape index (κ2) is 21.0. The maximum Gasteiger partial charge on any atom is 1.00 e. The third kappa shape index (κ3) is 49.6. The van der Waals surface area contributed by atoms with E-state index in [0.29, 0.717) is 6.42 Å². The molecule has 0 saturated carbocycles. The largest absolute Gasteiger partial charge is 1.00 e. The quantitative estimate of drug-likeness (QED) is 0.179. The fourth-order valence-corrected chi connectivity index (χ4v) is 2.08. The Labute approximate surface area is 193 Å². The van der Waals surface area contributed by atoms with Gasteiger partial charge in [-0.2, -0.15) is 16.8 Å². The van der Waals surface area contributed by atoms with Crippen molar-refractivity contribution in [1.82, 2.24) is 0 Å². The van der Waals surface area contributed by atoms with Gasteiger partial charge in [0.05, 0.1) is 6.61 Å². The van der Waals surface area contributed by atoms with Crippen LogP contribution in [0.1, 0.15) is 74.0 Å². The van der Waals surface area contributed by atoms with Crippen molar-refractivity contribution in [2.75, 3.05) is 6.61 Å². The Bertz CT molecular complexity index is 442. The molecule has 0 atom stereocenters. The van der Waals surface area contributed by atoms with Crippen LogP contribution in [0.5, 0.6) is 0 Å². The van der Waals surface area contributed by atoms with Crippen molar-refractivity contribution in [3.05, 3.63) is 0 Å². The molecule has 140 valence electrons. The summed E-state index contributed by atoms with van der Waals surface area (Å²) in [4.78, 5) is 0. The summed E-state index contributed by atoms with van der Waals surface area (Å²) in [5.74, 6) is 0. The molecule has 0 amide bonds. The fraction of sp³-hybridized carbons (Fsp3) is 1.00. The van der Waals surface area contributed by atoms with Gasteiger partial charge >= 0.3 is 79.9 Å². The summed E-state index contributed by atoms with van der Waals surface area (Å²) in [7, 11) is -8.90. The monoisotopic (exact) mass is 412 g/mol. The second-order valence-corrected chi connectivity index (χ2v) is 6.87. The topological polar surface area (TPSA) is 138 Å². The average molecular weight is 412 g/mol. The molecule has 0 aromatic carbocycles. The predicted molar refractivity (Wildman–Crippen MR) is 85.7 cm³/mol. The third-order valence-electron chi connectivity index (χ3n) is 2.73. The van der Waals surface area contributed by atoms with Gasteiger partial charge < -0.3 is 2.85 Å². The van der Waals surface area contributed by atoms with E-state index in [1.54, 1.807) is 0 Å². The van der Waals surface area contributed by atoms with Crippen molar-refractivity contribution < 1.29 is 96.6 Å². The first-order valence-corrected chi connectivity index (χ1v) is 10.1. The van der Waals surface area contributed by atoms with Crippen LogP contribution in [-0.2, 0) is 25.0 Å². The van der Waals surface area contributed by atoms with Crippen molar-refractivity contribution >= 4 is 20.8 Å². The van der Waals surface area contributed by atoms with Crippen molar-refractivity contribution in [2.45, 2.75) is 71.1 Å². The van der Waals surface area contributed by atoms with E-state index in [-0.39, 0.29) is 68.6 Å². The van der Waals surface area contributed by atoms with Crippen molar-refractivity contribution in [1.29, 1.82) is 0 Å². The van der Waals surface area contributed by atoms with E-state index in [1.165, 1.54) is 44.9 Å². The average Bonchev–Trinajstić information content (AvgIpc) is 2.32. The molecular weight excluding hydrogens is 382 g/mol. The summed E-state index contributed by atoms with van der Waals surface area (Å²) in [5, 5.41) is 0. The van der Waals surface area contributed by atoms with Crippen molar-refractivity contribution in [3.8, 4) is 0 Å². The van der Waals surface area contributed by atoms with Gasteiger partial charge in [0.2, 0.25) is 0 Å². The number of hydrogen-bond donors (Lipinski definition) is 3. The first-order valence-electron chi connectivity index (χ1n) is 7.38. The SMILES string of the molecule is CCCCCCCCCCCCOS(=O)(=O)O.O=S(=O)(O)O.[H-].[H-].[Na+].[Na+]. The molecule has 0 spiro atoms. The zero-order chi connectivity index (χ0) is 17.5. The molecule has 0 unspecified atom stereocenters. The van der Waals surface area contributed by atoms with E-state index in [2.05, 4.69) is 11.1 Å². The van der Waals surface area contributed by atoms with Crippen LogP contribution in [0, 0.1) is 0 Å². The van der Waals surface area contributed by atoms with Gasteiger partial charge in [0.25, 0.3) is 0 Å². The predicted octanol–water partition coefficient (Wildman–Crippen LogP) is -2.69. The van der Waals surface area contributed by atoms with E-state index in [0.717, 1.165) is 12.8 Å². The van der Waals surface area contributed by atoms with Gasteiger partial charge in [0, 0.05) is 0 Å². The van der Waals surface area contributed by atoms with E-state index in [4.69, 9.17) is 22.1 Å². The summed E-state index contributed by atoms with van der Waals surface area (Å²) in [5.41, 5.74) is 0. The Kier molecular flexibility index (Phi) is 29.2. The molecule has 0 aromatic heterocycles. The van der Waals surface area contributed by atoms with Crippen LogP contribution in [0.15, 0.2) is 0 Å². The first-order chi connectivity index (χ1) is 10.1. The number of unbranched alkanes of at least 4 members (excludes halogenated alkanes) is 9. The molecule has 3 N–H and O–H groups in total. The normalized spacial score (nSPS) is 10.8. The molecule has 0 rings (SSSR count). The summed E-state index contributed by atoms with van der Waals surface area (Å²) in [6.07, 6.45) is 11.9. The fourth-order valence-electron chi connectivity index (χ4n) is 1.75. The Morgan fingerprint density at radius 3 is 1.29 bits per heavy atom. The van der Waals surface area contributed by atoms with E-state index >= 15 is 0 Å². The molecule has 0 fully saturated rings. The molecule has 8 nitrogen and oxygen atoms in total. The molecule has 24 heavy (non-hydrogen) atoms. The van der Waals surface area contributed by atoms with E-state index < -0.39 is 20.8 Å². The van der Waals surface area contributed by atoms with Crippen LogP contribution in [0.3, 0.4) is 0 Å². The van der Waals surface area contributed by atoms with Crippen LogP contribution in [0.25, 0.3) is 0 Å². The molecule has 0 aliphatic rings. The minimum absolute atomic E-state index is 0. The third-order valence-corrected chi connectivity index (χ3v) is 3.19. The van der Waals surface area contributed by atoms with Crippen LogP contribution >= 0.6 is 0 Å². The van der Waals surface area contributed by atoms with Gasteiger partial charge in [-0.3, -0.25) is 13.7 Å². The van der Waals surface area contributed by atoms with Gasteiger partial charge in [-0.25, -0.2) is 4.18 Å². The Hall–Kier alpha value is 1.74. The smallest absolute Gasteiger partial charge is 1.00 e. The molecule has 12 heteroatoms. The minimum atomic E-state index is -4.67. The summed E-state index contributed by atoms with van der Waals surface area (Å²) >= 11 is 0.